The van der Waals surface area contributed by atoms with E-state index in [0.717, 1.165) is 18.7 Å². The summed E-state index contributed by atoms with van der Waals surface area (Å²) in [6.45, 7) is 6.31. The molecule has 168 valence electrons. The number of carbonyl (C=O) groups is 2. The maximum absolute atomic E-state index is 13.1. The molecular weight excluding hydrogens is 408 g/mol. The van der Waals surface area contributed by atoms with Gasteiger partial charge in [-0.25, -0.2) is 0 Å². The molecule has 2 fully saturated rings. The van der Waals surface area contributed by atoms with E-state index in [4.69, 9.17) is 9.47 Å². The van der Waals surface area contributed by atoms with Gasteiger partial charge in [-0.1, -0.05) is 42.5 Å². The zero-order valence-electron chi connectivity index (χ0n) is 18.2. The van der Waals surface area contributed by atoms with Crippen LogP contribution in [0.3, 0.4) is 0 Å². The van der Waals surface area contributed by atoms with Gasteiger partial charge >= 0.3 is 0 Å². The number of nitrogens with zero attached hydrogens (tertiary/aromatic N) is 2. The molecule has 0 bridgehead atoms. The van der Waals surface area contributed by atoms with Gasteiger partial charge in [-0.15, -0.1) is 0 Å². The highest BCUT2D eigenvalue weighted by atomic mass is 16.5. The van der Waals surface area contributed by atoms with Gasteiger partial charge in [-0.3, -0.25) is 14.5 Å². The van der Waals surface area contributed by atoms with E-state index < -0.39 is 17.7 Å². The number of benzene rings is 2. The largest absolute Gasteiger partial charge is 0.507 e. The summed E-state index contributed by atoms with van der Waals surface area (Å²) >= 11 is 0. The molecule has 0 aliphatic carbocycles. The zero-order valence-corrected chi connectivity index (χ0v) is 18.2. The topological polar surface area (TPSA) is 79.3 Å². The SMILES string of the molecule is CCOc1cccc(C2/C(=C(\O)c3ccccc3)C(=O)C(=O)N2CCN2CCOCC2)c1. The van der Waals surface area contributed by atoms with E-state index in [9.17, 15) is 14.7 Å². The molecule has 2 aliphatic heterocycles. The monoisotopic (exact) mass is 436 g/mol. The van der Waals surface area contributed by atoms with Crippen molar-refractivity contribution < 1.29 is 24.2 Å². The molecule has 1 atom stereocenters. The molecule has 2 heterocycles. The van der Waals surface area contributed by atoms with Gasteiger partial charge in [0, 0.05) is 31.7 Å². The summed E-state index contributed by atoms with van der Waals surface area (Å²) in [7, 11) is 0. The number of aliphatic hydroxyl groups excluding tert-OH is 1. The summed E-state index contributed by atoms with van der Waals surface area (Å²) in [6, 6.07) is 15.5. The van der Waals surface area contributed by atoms with Crippen molar-refractivity contribution in [2.24, 2.45) is 0 Å². The van der Waals surface area contributed by atoms with Crippen molar-refractivity contribution >= 4 is 17.4 Å². The number of morpholine rings is 1. The van der Waals surface area contributed by atoms with E-state index in [1.165, 1.54) is 0 Å². The third-order valence-corrected chi connectivity index (χ3v) is 5.83. The van der Waals surface area contributed by atoms with Gasteiger partial charge < -0.3 is 19.5 Å². The van der Waals surface area contributed by atoms with Crippen LogP contribution in [0.4, 0.5) is 0 Å². The minimum Gasteiger partial charge on any atom is -0.507 e. The number of aliphatic hydroxyl groups is 1. The van der Waals surface area contributed by atoms with Crippen LogP contribution in [-0.2, 0) is 14.3 Å². The van der Waals surface area contributed by atoms with Crippen LogP contribution >= 0.6 is 0 Å². The third-order valence-electron chi connectivity index (χ3n) is 5.83. The lowest BCUT2D eigenvalue weighted by Gasteiger charge is -2.31. The van der Waals surface area contributed by atoms with E-state index >= 15 is 0 Å². The van der Waals surface area contributed by atoms with E-state index in [-0.39, 0.29) is 11.3 Å². The Labute approximate surface area is 187 Å². The standard InChI is InChI=1S/C25H28N2O5/c1-2-32-20-10-6-9-19(17-20)22-21(23(28)18-7-4-3-5-8-18)24(29)25(30)27(22)12-11-26-13-15-31-16-14-26/h3-10,17,22,28H,2,11-16H2,1H3/b23-21+. The molecule has 7 nitrogen and oxygen atoms in total. The average molecular weight is 437 g/mol. The molecule has 4 rings (SSSR count). The van der Waals surface area contributed by atoms with Gasteiger partial charge in [0.1, 0.15) is 11.5 Å². The number of ether oxygens (including phenoxy) is 2. The Bertz CT molecular complexity index is 998. The first-order chi connectivity index (χ1) is 15.6. The van der Waals surface area contributed by atoms with Crippen LogP contribution in [0.1, 0.15) is 24.1 Å². The van der Waals surface area contributed by atoms with Crippen LogP contribution in [0.5, 0.6) is 5.75 Å². The minimum absolute atomic E-state index is 0.108. The molecule has 0 saturated carbocycles. The molecule has 1 unspecified atom stereocenters. The van der Waals surface area contributed by atoms with Crippen molar-refractivity contribution in [3.63, 3.8) is 0 Å². The number of carbonyl (C=O) groups excluding carboxylic acids is 2. The first-order valence-corrected chi connectivity index (χ1v) is 11.0. The summed E-state index contributed by atoms with van der Waals surface area (Å²) in [6.07, 6.45) is 0. The molecule has 2 aromatic carbocycles. The maximum atomic E-state index is 13.1. The Morgan fingerprint density at radius 2 is 1.81 bits per heavy atom. The number of ketones is 1. The fourth-order valence-electron chi connectivity index (χ4n) is 4.22. The summed E-state index contributed by atoms with van der Waals surface area (Å²) < 4.78 is 11.0. The second-order valence-electron chi connectivity index (χ2n) is 7.82. The lowest BCUT2D eigenvalue weighted by molar-refractivity contribution is -0.140. The lowest BCUT2D eigenvalue weighted by Crippen LogP contribution is -2.42. The predicted octanol–water partition coefficient (Wildman–Crippen LogP) is 2.84. The van der Waals surface area contributed by atoms with Crippen molar-refractivity contribution in [3.8, 4) is 5.75 Å². The fraction of sp³-hybridized carbons (Fsp3) is 0.360. The van der Waals surface area contributed by atoms with Crippen LogP contribution in [-0.4, -0.2) is 72.6 Å². The molecule has 1 N–H and O–H groups in total. The van der Waals surface area contributed by atoms with Crippen molar-refractivity contribution in [3.05, 3.63) is 71.3 Å². The quantitative estimate of drug-likeness (QED) is 0.409. The highest BCUT2D eigenvalue weighted by Crippen LogP contribution is 2.40. The Balaban J connectivity index is 1.73. The van der Waals surface area contributed by atoms with Gasteiger partial charge in [0.25, 0.3) is 11.7 Å². The van der Waals surface area contributed by atoms with Gasteiger partial charge in [0.15, 0.2) is 0 Å². The predicted molar refractivity (Wildman–Crippen MR) is 120 cm³/mol. The Hall–Kier alpha value is -3.16. The summed E-state index contributed by atoms with van der Waals surface area (Å²) in [5.74, 6) is -0.768. The number of hydrogen-bond donors (Lipinski definition) is 1. The normalized spacial score (nSPS) is 21.2. The smallest absolute Gasteiger partial charge is 0.295 e. The van der Waals surface area contributed by atoms with Crippen molar-refractivity contribution in [2.75, 3.05) is 46.0 Å². The highest BCUT2D eigenvalue weighted by Gasteiger charge is 2.46. The molecule has 7 heteroatoms. The Morgan fingerprint density at radius 3 is 2.53 bits per heavy atom. The lowest BCUT2D eigenvalue weighted by atomic mass is 9.95. The Kier molecular flexibility index (Phi) is 6.87. The van der Waals surface area contributed by atoms with Crippen molar-refractivity contribution in [2.45, 2.75) is 13.0 Å². The summed E-state index contributed by atoms with van der Waals surface area (Å²) in [4.78, 5) is 30.0. The second kappa shape index (κ2) is 9.97. The molecular formula is C25H28N2O5. The van der Waals surface area contributed by atoms with E-state index in [0.29, 0.717) is 44.2 Å². The van der Waals surface area contributed by atoms with Crippen LogP contribution < -0.4 is 4.74 Å². The number of Topliss-reactive ketones (excluding diaryl/α,β-unsaturated/α-hetero) is 1. The van der Waals surface area contributed by atoms with Gasteiger partial charge in [-0.2, -0.15) is 0 Å². The maximum Gasteiger partial charge on any atom is 0.295 e. The van der Waals surface area contributed by atoms with Gasteiger partial charge in [0.2, 0.25) is 0 Å². The summed E-state index contributed by atoms with van der Waals surface area (Å²) in [5.41, 5.74) is 1.34. The van der Waals surface area contributed by atoms with Crippen LogP contribution in [0.15, 0.2) is 60.2 Å². The highest BCUT2D eigenvalue weighted by molar-refractivity contribution is 6.46. The first kappa shape index (κ1) is 22.0. The number of rotatable bonds is 7. The molecule has 0 aromatic heterocycles. The number of likely N-dealkylation sites (tertiary alicyclic amines) is 1. The van der Waals surface area contributed by atoms with E-state index in [1.54, 1.807) is 29.2 Å². The van der Waals surface area contributed by atoms with E-state index in [1.807, 2.05) is 37.3 Å². The zero-order chi connectivity index (χ0) is 22.5. The minimum atomic E-state index is -0.684. The Morgan fingerprint density at radius 1 is 1.06 bits per heavy atom. The summed E-state index contributed by atoms with van der Waals surface area (Å²) in [5, 5.41) is 11.1. The molecule has 2 saturated heterocycles. The molecule has 2 aliphatic rings. The van der Waals surface area contributed by atoms with Crippen molar-refractivity contribution in [1.82, 2.24) is 9.80 Å². The molecule has 0 radical (unpaired) electrons. The number of hydrogen-bond acceptors (Lipinski definition) is 6. The molecule has 0 spiro atoms. The first-order valence-electron chi connectivity index (χ1n) is 11.0. The fourth-order valence-corrected chi connectivity index (χ4v) is 4.22. The van der Waals surface area contributed by atoms with Crippen molar-refractivity contribution in [1.29, 1.82) is 0 Å². The second-order valence-corrected chi connectivity index (χ2v) is 7.82. The van der Waals surface area contributed by atoms with Crippen LogP contribution in [0.25, 0.3) is 5.76 Å². The van der Waals surface area contributed by atoms with Gasteiger partial charge in [-0.05, 0) is 24.6 Å². The molecule has 32 heavy (non-hydrogen) atoms. The molecule has 1 amide bonds. The van der Waals surface area contributed by atoms with Crippen LogP contribution in [0.2, 0.25) is 0 Å². The molecule has 2 aromatic rings. The average Bonchev–Trinajstić information content (AvgIpc) is 3.09. The van der Waals surface area contributed by atoms with Gasteiger partial charge in [0.05, 0.1) is 31.4 Å². The van der Waals surface area contributed by atoms with E-state index in [2.05, 4.69) is 4.90 Å². The third kappa shape index (κ3) is 4.54. The number of amides is 1. The van der Waals surface area contributed by atoms with Crippen LogP contribution in [0, 0.1) is 0 Å².